The number of aliphatic hydroxyl groups is 2. The normalized spacial score (nSPS) is 39.2. The number of benzene rings is 2. The average molecular weight is 916 g/mol. The van der Waals surface area contributed by atoms with Crippen LogP contribution in [0.2, 0.25) is 5.02 Å². The molecule has 4 N–H and O–H groups in total. The van der Waals surface area contributed by atoms with Gasteiger partial charge in [-0.3, -0.25) is 29.3 Å². The number of carbonyl (C=O) groups is 4. The van der Waals surface area contributed by atoms with Crippen LogP contribution < -0.4 is 10.6 Å². The summed E-state index contributed by atoms with van der Waals surface area (Å²) in [5, 5.41) is 39.8. The van der Waals surface area contributed by atoms with Crippen molar-refractivity contribution >= 4 is 64.4 Å². The number of halogens is 2. The van der Waals surface area contributed by atoms with E-state index in [-0.39, 0.29) is 50.7 Å². The first kappa shape index (κ1) is 40.2. The second-order valence-corrected chi connectivity index (χ2v) is 23.3. The molecule has 2 saturated heterocycles. The summed E-state index contributed by atoms with van der Waals surface area (Å²) >= 11 is 9.91. The number of fused-ring (bicyclic) bond motifs is 2. The number of aliphatic hydroxyl groups excluding tert-OH is 2. The fourth-order valence-electron chi connectivity index (χ4n) is 15.3. The second kappa shape index (κ2) is 13.9. The van der Waals surface area contributed by atoms with E-state index in [0.717, 1.165) is 25.7 Å². The van der Waals surface area contributed by atoms with E-state index in [1.54, 1.807) is 17.0 Å². The molecule has 0 aromatic heterocycles. The van der Waals surface area contributed by atoms with Gasteiger partial charge in [0.25, 0.3) is 29.3 Å². The van der Waals surface area contributed by atoms with E-state index < -0.39 is 68.2 Å². The van der Waals surface area contributed by atoms with E-state index in [1.165, 1.54) is 72.0 Å². The largest absolute Gasteiger partial charge is 0.509 e. The number of nitrogens with zero attached hydrogens (tertiary/aromatic N) is 3. The van der Waals surface area contributed by atoms with Crippen molar-refractivity contribution in [1.82, 2.24) is 20.4 Å². The molecule has 63 heavy (non-hydrogen) atoms. The van der Waals surface area contributed by atoms with E-state index in [0.29, 0.717) is 78.1 Å². The third-order valence-corrected chi connectivity index (χ3v) is 19.6. The molecular weight excluding hydrogens is 869 g/mol. The van der Waals surface area contributed by atoms with E-state index in [2.05, 4.69) is 10.6 Å². The summed E-state index contributed by atoms with van der Waals surface area (Å²) < 4.78 is 15.8. The highest BCUT2D eigenvalue weighted by Gasteiger charge is 2.62. The van der Waals surface area contributed by atoms with Gasteiger partial charge in [0, 0.05) is 45.3 Å². The summed E-state index contributed by atoms with van der Waals surface area (Å²) in [5.74, 6) is -0.655. The summed E-state index contributed by atoms with van der Waals surface area (Å²) in [6, 6.07) is 7.24. The fraction of sp³-hybridized carbons (Fsp3) is 0.565. The lowest BCUT2D eigenvalue weighted by Gasteiger charge is -2.63. The highest BCUT2D eigenvalue weighted by molar-refractivity contribution is 8.00. The Hall–Kier alpha value is -4.28. The summed E-state index contributed by atoms with van der Waals surface area (Å²) in [7, 11) is 0. The first-order valence-electron chi connectivity index (χ1n) is 22.3. The average Bonchev–Trinajstić information content (AvgIpc) is 3.95. The van der Waals surface area contributed by atoms with Crippen molar-refractivity contribution in [3.63, 3.8) is 0 Å². The van der Waals surface area contributed by atoms with Crippen LogP contribution in [0.25, 0.3) is 0 Å². The number of nitrogens with one attached hydrogen (secondary N) is 2. The maximum Gasteiger partial charge on any atom is 0.269 e. The number of nitro benzene ring substituents is 1. The van der Waals surface area contributed by atoms with Gasteiger partial charge in [-0.15, -0.1) is 23.5 Å². The van der Waals surface area contributed by atoms with Gasteiger partial charge in [0.2, 0.25) is 0 Å². The smallest absolute Gasteiger partial charge is 0.269 e. The molecule has 4 unspecified atom stereocenters. The maximum atomic E-state index is 15.8. The lowest BCUT2D eigenvalue weighted by atomic mass is 9.45. The Balaban J connectivity index is 0.817. The quantitative estimate of drug-likeness (QED) is 0.118. The summed E-state index contributed by atoms with van der Waals surface area (Å²) in [6.07, 6.45) is 10.4. The molecule has 13 nitrogen and oxygen atoms in total. The van der Waals surface area contributed by atoms with Crippen LogP contribution in [0.1, 0.15) is 104 Å². The van der Waals surface area contributed by atoms with Gasteiger partial charge in [0.05, 0.1) is 4.92 Å². The van der Waals surface area contributed by atoms with Crippen molar-refractivity contribution in [1.29, 1.82) is 0 Å². The number of carbonyl (C=O) groups excluding carboxylic acids is 4. The van der Waals surface area contributed by atoms with E-state index >= 15 is 4.39 Å². The zero-order valence-electron chi connectivity index (χ0n) is 34.3. The Labute approximate surface area is 376 Å². The third kappa shape index (κ3) is 6.01. The van der Waals surface area contributed by atoms with Crippen molar-refractivity contribution in [3.8, 4) is 0 Å². The minimum Gasteiger partial charge on any atom is -0.509 e. The Morgan fingerprint density at radius 2 is 1.24 bits per heavy atom. The van der Waals surface area contributed by atoms with Crippen LogP contribution in [-0.4, -0.2) is 83.2 Å². The molecule has 14 rings (SSSR count). The zero-order chi connectivity index (χ0) is 43.5. The predicted octanol–water partition coefficient (Wildman–Crippen LogP) is 7.42. The molecule has 4 aliphatic heterocycles. The van der Waals surface area contributed by atoms with Crippen LogP contribution in [0.15, 0.2) is 59.1 Å². The van der Waals surface area contributed by atoms with E-state index in [1.807, 2.05) is 0 Å². The van der Waals surface area contributed by atoms with Crippen molar-refractivity contribution in [2.24, 2.45) is 29.6 Å². The van der Waals surface area contributed by atoms with Crippen molar-refractivity contribution in [2.75, 3.05) is 11.5 Å². The van der Waals surface area contributed by atoms with Gasteiger partial charge in [0.15, 0.2) is 0 Å². The molecule has 4 heterocycles. The van der Waals surface area contributed by atoms with Gasteiger partial charge in [-0.1, -0.05) is 11.6 Å². The number of amides is 4. The molecule has 12 aliphatic rings. The summed E-state index contributed by atoms with van der Waals surface area (Å²) in [6.45, 7) is 0. The first-order valence-corrected chi connectivity index (χ1v) is 24.7. The Kier molecular flexibility index (Phi) is 8.86. The molecular formula is C46H47ClFN5O8S2. The lowest BCUT2D eigenvalue weighted by Crippen LogP contribution is -2.65. The van der Waals surface area contributed by atoms with Gasteiger partial charge in [-0.25, -0.2) is 4.39 Å². The van der Waals surface area contributed by atoms with Crippen molar-refractivity contribution in [2.45, 2.75) is 116 Å². The molecule has 6 atom stereocenters. The molecule has 17 heteroatoms. The molecule has 2 aromatic carbocycles. The number of hydrogen-bond donors (Lipinski definition) is 4. The van der Waals surface area contributed by atoms with Crippen molar-refractivity contribution < 1.29 is 38.7 Å². The molecule has 2 aromatic rings. The summed E-state index contributed by atoms with van der Waals surface area (Å²) in [5.41, 5.74) is -0.485. The Morgan fingerprint density at radius 1 is 0.746 bits per heavy atom. The van der Waals surface area contributed by atoms with Gasteiger partial charge < -0.3 is 30.6 Å². The Morgan fingerprint density at radius 3 is 1.79 bits per heavy atom. The molecule has 0 spiro atoms. The van der Waals surface area contributed by atoms with Gasteiger partial charge in [-0.05, 0) is 147 Å². The van der Waals surface area contributed by atoms with Crippen LogP contribution in [0.5, 0.6) is 0 Å². The molecule has 330 valence electrons. The van der Waals surface area contributed by atoms with Crippen LogP contribution >= 0.6 is 35.1 Å². The van der Waals surface area contributed by atoms with Gasteiger partial charge in [0.1, 0.15) is 51.3 Å². The first-order chi connectivity index (χ1) is 30.1. The number of non-ortho nitro benzene ring substituents is 1. The van der Waals surface area contributed by atoms with Gasteiger partial charge in [-0.2, -0.15) is 0 Å². The molecule has 8 saturated carbocycles. The highest BCUT2D eigenvalue weighted by Crippen LogP contribution is 2.65. The number of hydrogen-bond acceptors (Lipinski definition) is 10. The zero-order valence-corrected chi connectivity index (χ0v) is 36.7. The minimum absolute atomic E-state index is 0.0827. The highest BCUT2D eigenvalue weighted by atomic mass is 35.5. The van der Waals surface area contributed by atoms with Crippen LogP contribution in [0.4, 0.5) is 10.1 Å². The fourth-order valence-corrected chi connectivity index (χ4v) is 18.6. The van der Waals surface area contributed by atoms with Crippen LogP contribution in [-0.2, 0) is 24.6 Å². The molecule has 8 bridgehead atoms. The van der Waals surface area contributed by atoms with Gasteiger partial charge >= 0.3 is 0 Å². The monoisotopic (exact) mass is 915 g/mol. The second-order valence-electron chi connectivity index (χ2n) is 20.7. The maximum absolute atomic E-state index is 15.8. The lowest BCUT2D eigenvalue weighted by molar-refractivity contribution is -0.384. The third-order valence-electron chi connectivity index (χ3n) is 16.7. The predicted molar refractivity (Wildman–Crippen MR) is 232 cm³/mol. The standard InChI is InChI=1S/C46H47ClFN5O8S2/c47-30-10-27(48)9-29(33(30)43-52-32(19-63-43)37(55)34(41(52)59)38(56)49-45-13-21-5-22(14-45)7-23(6-21)15-45)44-11-24-8-25(12-44)17-46(16-24,20-44)50-39(57)35-36(54)31-18-62-42(51(31)40(35)58)26-1-3-28(4-2-26)53(60)61/h1-4,9-10,21-25,31-32,42-43,54-55H,5-8,11-20H2,(H,49,56)(H,50,57)/t21?,22?,23?,24?,25?,31?,32?,42-,43-,44?,45?,46?/m0/s1. The van der Waals surface area contributed by atoms with Crippen molar-refractivity contribution in [3.05, 3.63) is 96.7 Å². The molecule has 8 aliphatic carbocycles. The van der Waals surface area contributed by atoms with Crippen LogP contribution in [0, 0.1) is 45.5 Å². The number of thioether (sulfide) groups is 2. The number of rotatable bonds is 8. The SMILES string of the molecule is O=C(NC12CC3CC(C1)CC(c1cc(F)cc(Cl)c1[C@@H]1SCC4C(O)=C(C(=O)NC56CC7CC(CC(C7)C5)C6)C(=O)N41)(C3)C2)C1=C(O)C2CS[C@@H](c3ccc([N+](=O)[O-])cc3)N2C1=O. The minimum atomic E-state index is -0.776. The number of nitro groups is 1. The molecule has 0 radical (unpaired) electrons. The summed E-state index contributed by atoms with van der Waals surface area (Å²) in [4.78, 5) is 70.9. The van der Waals surface area contributed by atoms with Crippen LogP contribution in [0.3, 0.4) is 0 Å². The van der Waals surface area contributed by atoms with E-state index in [4.69, 9.17) is 11.6 Å². The van der Waals surface area contributed by atoms with E-state index in [9.17, 15) is 39.5 Å². The Bertz CT molecular complexity index is 2470. The molecule has 10 fully saturated rings. The molecule has 4 amide bonds. The topological polar surface area (TPSA) is 182 Å².